The van der Waals surface area contributed by atoms with Gasteiger partial charge >= 0.3 is 0 Å². The fourth-order valence-corrected chi connectivity index (χ4v) is 2.61. The maximum atomic E-state index is 5.39. The molecule has 0 saturated carbocycles. The van der Waals surface area contributed by atoms with Gasteiger partial charge in [-0.15, -0.1) is 0 Å². The normalized spacial score (nSPS) is 11.1. The number of aromatic nitrogens is 4. The zero-order valence-corrected chi connectivity index (χ0v) is 12.1. The number of fused-ring (bicyclic) bond motifs is 1. The number of hydrogen-bond donors (Lipinski definition) is 1. The highest BCUT2D eigenvalue weighted by Crippen LogP contribution is 2.21. The Hall–Kier alpha value is -2.08. The van der Waals surface area contributed by atoms with Crippen molar-refractivity contribution in [3.63, 3.8) is 0 Å². The van der Waals surface area contributed by atoms with Crippen LogP contribution >= 0.6 is 12.2 Å². The van der Waals surface area contributed by atoms with Crippen molar-refractivity contribution >= 4 is 23.3 Å². The molecule has 6 heteroatoms. The first kappa shape index (κ1) is 12.9. The van der Waals surface area contributed by atoms with Gasteiger partial charge in [-0.25, -0.2) is 4.98 Å². The Bertz CT molecular complexity index is 757. The maximum absolute atomic E-state index is 5.39. The molecular formula is C14H16N4OS. The van der Waals surface area contributed by atoms with E-state index in [4.69, 9.17) is 17.0 Å². The lowest BCUT2D eigenvalue weighted by atomic mass is 10.3. The topological polar surface area (TPSA) is 47.8 Å². The highest BCUT2D eigenvalue weighted by molar-refractivity contribution is 7.71. The van der Waals surface area contributed by atoms with Gasteiger partial charge in [-0.05, 0) is 30.8 Å². The number of imidazole rings is 2. The van der Waals surface area contributed by atoms with Gasteiger partial charge in [0, 0.05) is 31.5 Å². The van der Waals surface area contributed by atoms with Crippen LogP contribution < -0.4 is 4.74 Å². The summed E-state index contributed by atoms with van der Waals surface area (Å²) in [6.07, 6.45) is 6.59. The fraction of sp³-hybridized carbons (Fsp3) is 0.286. The molecule has 0 spiro atoms. The molecule has 3 aromatic rings. The zero-order chi connectivity index (χ0) is 13.9. The van der Waals surface area contributed by atoms with Crippen LogP contribution in [0.3, 0.4) is 0 Å². The first-order valence-corrected chi connectivity index (χ1v) is 6.91. The molecule has 1 N–H and O–H groups in total. The van der Waals surface area contributed by atoms with Gasteiger partial charge in [0.25, 0.3) is 0 Å². The van der Waals surface area contributed by atoms with Gasteiger partial charge in [0.15, 0.2) is 4.77 Å². The Morgan fingerprint density at radius 2 is 2.25 bits per heavy atom. The minimum atomic E-state index is 0.749. The van der Waals surface area contributed by atoms with E-state index in [1.807, 2.05) is 30.7 Å². The summed E-state index contributed by atoms with van der Waals surface area (Å²) in [5.74, 6) is 0.842. The lowest BCUT2D eigenvalue weighted by Gasteiger charge is -2.06. The van der Waals surface area contributed by atoms with Crippen LogP contribution in [0.15, 0.2) is 36.9 Å². The number of nitrogens with one attached hydrogen (secondary N) is 1. The third-order valence-electron chi connectivity index (χ3n) is 3.34. The van der Waals surface area contributed by atoms with Crippen LogP contribution in [0, 0.1) is 4.77 Å². The molecule has 104 valence electrons. The molecule has 0 amide bonds. The molecule has 0 aliphatic carbocycles. The molecule has 0 bridgehead atoms. The molecule has 0 atom stereocenters. The average Bonchev–Trinajstić information content (AvgIpc) is 3.07. The minimum absolute atomic E-state index is 0.749. The summed E-state index contributed by atoms with van der Waals surface area (Å²) in [6.45, 7) is 1.79. The second-order valence-corrected chi connectivity index (χ2v) is 5.01. The minimum Gasteiger partial charge on any atom is -0.497 e. The first-order valence-electron chi connectivity index (χ1n) is 6.50. The van der Waals surface area contributed by atoms with E-state index in [1.165, 1.54) is 0 Å². The van der Waals surface area contributed by atoms with E-state index in [0.717, 1.165) is 41.1 Å². The molecule has 5 nitrogen and oxygen atoms in total. The highest BCUT2D eigenvalue weighted by atomic mass is 32.1. The molecule has 2 aromatic heterocycles. The molecule has 0 unspecified atom stereocenters. The van der Waals surface area contributed by atoms with Crippen molar-refractivity contribution in [2.24, 2.45) is 0 Å². The van der Waals surface area contributed by atoms with Gasteiger partial charge in [0.1, 0.15) is 5.75 Å². The zero-order valence-electron chi connectivity index (χ0n) is 11.2. The van der Waals surface area contributed by atoms with Crippen LogP contribution in [0.1, 0.15) is 6.42 Å². The van der Waals surface area contributed by atoms with Crippen LogP contribution in [0.4, 0.5) is 0 Å². The number of hydrogen-bond acceptors (Lipinski definition) is 3. The summed E-state index contributed by atoms with van der Waals surface area (Å²) < 4.78 is 10.2. The van der Waals surface area contributed by atoms with Crippen LogP contribution in [-0.2, 0) is 13.1 Å². The Morgan fingerprint density at radius 3 is 3.00 bits per heavy atom. The van der Waals surface area contributed by atoms with Gasteiger partial charge in [-0.1, -0.05) is 0 Å². The predicted molar refractivity (Wildman–Crippen MR) is 80.5 cm³/mol. The smallest absolute Gasteiger partial charge is 0.178 e. The van der Waals surface area contributed by atoms with E-state index in [0.29, 0.717) is 0 Å². The van der Waals surface area contributed by atoms with Gasteiger partial charge in [0.2, 0.25) is 0 Å². The Balaban J connectivity index is 1.82. The van der Waals surface area contributed by atoms with E-state index in [2.05, 4.69) is 19.1 Å². The third kappa shape index (κ3) is 2.46. The highest BCUT2D eigenvalue weighted by Gasteiger charge is 2.05. The van der Waals surface area contributed by atoms with E-state index in [9.17, 15) is 0 Å². The molecule has 0 fully saturated rings. The van der Waals surface area contributed by atoms with Crippen molar-refractivity contribution < 1.29 is 4.74 Å². The molecular weight excluding hydrogens is 272 g/mol. The number of nitrogens with zero attached hydrogens (tertiary/aromatic N) is 3. The molecule has 0 radical (unpaired) electrons. The Morgan fingerprint density at radius 1 is 1.35 bits per heavy atom. The Kier molecular flexibility index (Phi) is 3.56. The molecule has 3 rings (SSSR count). The number of H-pyrrole nitrogens is 1. The van der Waals surface area contributed by atoms with Crippen LogP contribution in [0.25, 0.3) is 11.0 Å². The SMILES string of the molecule is COc1ccc2[nH]c(=S)n(CCCn3ccnc3)c2c1. The van der Waals surface area contributed by atoms with Crippen molar-refractivity contribution in [3.05, 3.63) is 41.7 Å². The van der Waals surface area contributed by atoms with Gasteiger partial charge in [-0.3, -0.25) is 0 Å². The summed E-state index contributed by atoms with van der Waals surface area (Å²) in [7, 11) is 1.67. The van der Waals surface area contributed by atoms with E-state index >= 15 is 0 Å². The van der Waals surface area contributed by atoms with Crippen LogP contribution in [-0.4, -0.2) is 26.2 Å². The number of benzene rings is 1. The van der Waals surface area contributed by atoms with E-state index in [1.54, 1.807) is 13.3 Å². The summed E-state index contributed by atoms with van der Waals surface area (Å²) in [5.41, 5.74) is 2.12. The standard InChI is InChI=1S/C14H16N4OS/c1-19-11-3-4-12-13(9-11)18(14(20)16-12)7-2-6-17-8-5-15-10-17/h3-5,8-10H,2,6-7H2,1H3,(H,16,20). The molecule has 20 heavy (non-hydrogen) atoms. The maximum Gasteiger partial charge on any atom is 0.178 e. The quantitative estimate of drug-likeness (QED) is 0.734. The monoisotopic (exact) mass is 288 g/mol. The van der Waals surface area contributed by atoms with Crippen molar-refractivity contribution in [1.29, 1.82) is 0 Å². The van der Waals surface area contributed by atoms with Gasteiger partial charge < -0.3 is 18.9 Å². The van der Waals surface area contributed by atoms with Crippen LogP contribution in [0.5, 0.6) is 5.75 Å². The van der Waals surface area contributed by atoms with Crippen molar-refractivity contribution in [2.45, 2.75) is 19.5 Å². The second kappa shape index (κ2) is 5.50. The lowest BCUT2D eigenvalue weighted by molar-refractivity contribution is 0.415. The number of ether oxygens (including phenoxy) is 1. The molecule has 0 saturated heterocycles. The van der Waals surface area contributed by atoms with Gasteiger partial charge in [0.05, 0.1) is 24.5 Å². The lowest BCUT2D eigenvalue weighted by Crippen LogP contribution is -2.03. The fourth-order valence-electron chi connectivity index (χ4n) is 2.31. The molecule has 2 heterocycles. The summed E-state index contributed by atoms with van der Waals surface area (Å²) >= 11 is 5.39. The predicted octanol–water partition coefficient (Wildman–Crippen LogP) is 2.99. The van der Waals surface area contributed by atoms with Crippen molar-refractivity contribution in [3.8, 4) is 5.75 Å². The van der Waals surface area contributed by atoms with Crippen molar-refractivity contribution in [2.75, 3.05) is 7.11 Å². The first-order chi connectivity index (χ1) is 9.78. The van der Waals surface area contributed by atoms with E-state index in [-0.39, 0.29) is 0 Å². The van der Waals surface area contributed by atoms with Crippen LogP contribution in [0.2, 0.25) is 0 Å². The Labute approximate surface area is 121 Å². The largest absolute Gasteiger partial charge is 0.497 e. The second-order valence-electron chi connectivity index (χ2n) is 4.62. The van der Waals surface area contributed by atoms with Crippen molar-refractivity contribution in [1.82, 2.24) is 19.1 Å². The summed E-state index contributed by atoms with van der Waals surface area (Å²) in [6, 6.07) is 5.94. The summed E-state index contributed by atoms with van der Waals surface area (Å²) in [4.78, 5) is 7.27. The van der Waals surface area contributed by atoms with E-state index < -0.39 is 0 Å². The summed E-state index contributed by atoms with van der Waals surface area (Å²) in [5, 5.41) is 0. The third-order valence-corrected chi connectivity index (χ3v) is 3.66. The molecule has 0 aliphatic rings. The number of methoxy groups -OCH3 is 1. The number of aryl methyl sites for hydroxylation is 2. The number of aromatic amines is 1. The molecule has 1 aromatic carbocycles. The number of rotatable bonds is 5. The average molecular weight is 288 g/mol. The molecule has 0 aliphatic heterocycles. The van der Waals surface area contributed by atoms with Gasteiger partial charge in [-0.2, -0.15) is 0 Å².